The molecule has 2 aromatic heterocycles. The fraction of sp³-hybridized carbons (Fsp3) is 0.500. The van der Waals surface area contributed by atoms with Crippen molar-refractivity contribution in [3.05, 3.63) is 16.7 Å². The van der Waals surface area contributed by atoms with Gasteiger partial charge < -0.3 is 15.4 Å². The molecule has 10 nitrogen and oxygen atoms in total. The molecule has 21 heavy (non-hydrogen) atoms. The summed E-state index contributed by atoms with van der Waals surface area (Å²) >= 11 is 0. The number of nitrogens with one attached hydrogen (secondary N) is 1. The topological polar surface area (TPSA) is 145 Å². The Morgan fingerprint density at radius 2 is 2.33 bits per heavy atom. The number of aromatic amines is 1. The second-order valence-electron chi connectivity index (χ2n) is 4.28. The summed E-state index contributed by atoms with van der Waals surface area (Å²) in [4.78, 5) is 31.1. The summed E-state index contributed by atoms with van der Waals surface area (Å²) in [5.74, 6) is -0.0340. The van der Waals surface area contributed by atoms with E-state index in [1.165, 1.54) is 10.9 Å². The number of hydrogen-bond acceptors (Lipinski definition) is 7. The zero-order valence-corrected chi connectivity index (χ0v) is 12.2. The average molecular weight is 317 g/mol. The maximum absolute atomic E-state index is 11.6. The Labute approximate surface area is 119 Å². The van der Waals surface area contributed by atoms with Gasteiger partial charge in [-0.1, -0.05) is 6.92 Å². The lowest BCUT2D eigenvalue weighted by molar-refractivity contribution is -0.0240. The number of H-pyrrole nitrogens is 1. The molecule has 0 radical (unpaired) electrons. The number of imidazole rings is 1. The van der Waals surface area contributed by atoms with Crippen LogP contribution in [0.1, 0.15) is 13.3 Å². The largest absolute Gasteiger partial charge is 0.369 e. The molecule has 0 fully saturated rings. The summed E-state index contributed by atoms with van der Waals surface area (Å²) in [7, 11) is -3.60. The normalized spacial score (nSPS) is 14.4. The van der Waals surface area contributed by atoms with Gasteiger partial charge in [-0.25, -0.2) is 4.98 Å². The minimum absolute atomic E-state index is 0.0340. The van der Waals surface area contributed by atoms with Crippen LogP contribution < -0.4 is 11.3 Å². The molecule has 2 heterocycles. The molecular weight excluding hydrogens is 301 g/mol. The minimum Gasteiger partial charge on any atom is -0.369 e. The molecule has 2 rings (SSSR count). The van der Waals surface area contributed by atoms with Gasteiger partial charge in [0.1, 0.15) is 6.73 Å². The lowest BCUT2D eigenvalue weighted by Crippen LogP contribution is -2.13. The van der Waals surface area contributed by atoms with Crippen molar-refractivity contribution < 1.29 is 18.7 Å². The van der Waals surface area contributed by atoms with Gasteiger partial charge in [0.05, 0.1) is 6.33 Å². The number of nitrogens with zero attached hydrogens (tertiary/aromatic N) is 3. The molecule has 4 N–H and O–H groups in total. The van der Waals surface area contributed by atoms with E-state index in [9.17, 15) is 14.3 Å². The van der Waals surface area contributed by atoms with E-state index >= 15 is 0 Å². The third-order valence-electron chi connectivity index (χ3n) is 2.57. The molecule has 0 bridgehead atoms. The highest BCUT2D eigenvalue weighted by molar-refractivity contribution is 7.52. The smallest absolute Gasteiger partial charge is 0.330 e. The lowest BCUT2D eigenvalue weighted by Gasteiger charge is -2.11. The zero-order valence-electron chi connectivity index (χ0n) is 11.4. The molecule has 0 spiro atoms. The van der Waals surface area contributed by atoms with Crippen molar-refractivity contribution in [1.82, 2.24) is 19.5 Å². The first-order chi connectivity index (χ1) is 9.93. The number of hydrogen-bond donors (Lipinski definition) is 3. The van der Waals surface area contributed by atoms with Crippen LogP contribution >= 0.6 is 7.60 Å². The molecule has 0 aliphatic heterocycles. The first-order valence-corrected chi connectivity index (χ1v) is 7.94. The van der Waals surface area contributed by atoms with Crippen LogP contribution in [0.25, 0.3) is 11.2 Å². The Hall–Kier alpha value is -1.74. The molecule has 0 aliphatic carbocycles. The van der Waals surface area contributed by atoms with Gasteiger partial charge in [0.25, 0.3) is 5.56 Å². The maximum atomic E-state index is 11.6. The van der Waals surface area contributed by atoms with Gasteiger partial charge in [-0.2, -0.15) is 4.98 Å². The fourth-order valence-electron chi connectivity index (χ4n) is 1.67. The number of fused-ring (bicyclic) bond motifs is 1. The summed E-state index contributed by atoms with van der Waals surface area (Å²) in [6, 6.07) is 0. The Bertz CT molecular complexity index is 726. The van der Waals surface area contributed by atoms with Crippen LogP contribution in [-0.4, -0.2) is 37.4 Å². The SMILES string of the molecule is CCCP(=O)(O)OCOCn1cnc2c(=O)[nH]c(N)nc21. The van der Waals surface area contributed by atoms with Gasteiger partial charge in [0, 0.05) is 6.16 Å². The van der Waals surface area contributed by atoms with Gasteiger partial charge in [0.15, 0.2) is 18.0 Å². The first-order valence-electron chi connectivity index (χ1n) is 6.17. The molecule has 1 unspecified atom stereocenters. The Morgan fingerprint density at radius 3 is 3.05 bits per heavy atom. The van der Waals surface area contributed by atoms with E-state index < -0.39 is 13.2 Å². The number of aromatic nitrogens is 4. The van der Waals surface area contributed by atoms with Crippen molar-refractivity contribution in [2.75, 3.05) is 18.7 Å². The monoisotopic (exact) mass is 317 g/mol. The van der Waals surface area contributed by atoms with Crippen LogP contribution in [0.3, 0.4) is 0 Å². The Morgan fingerprint density at radius 1 is 1.57 bits per heavy atom. The van der Waals surface area contributed by atoms with Gasteiger partial charge in [-0.3, -0.25) is 23.4 Å². The van der Waals surface area contributed by atoms with Crippen molar-refractivity contribution in [2.45, 2.75) is 20.1 Å². The highest BCUT2D eigenvalue weighted by atomic mass is 31.2. The summed E-state index contributed by atoms with van der Waals surface area (Å²) in [6.45, 7) is 1.38. The van der Waals surface area contributed by atoms with Gasteiger partial charge in [-0.05, 0) is 6.42 Å². The van der Waals surface area contributed by atoms with Crippen LogP contribution in [-0.2, 0) is 20.6 Å². The quantitative estimate of drug-likeness (QED) is 0.374. The molecule has 0 aliphatic rings. The number of nitrogen functional groups attached to an aromatic ring is 1. The van der Waals surface area contributed by atoms with Crippen molar-refractivity contribution in [3.63, 3.8) is 0 Å². The minimum atomic E-state index is -3.60. The average Bonchev–Trinajstić information content (AvgIpc) is 2.78. The lowest BCUT2D eigenvalue weighted by atomic mass is 10.5. The van der Waals surface area contributed by atoms with Crippen LogP contribution in [0.5, 0.6) is 0 Å². The Kier molecular flexibility index (Phi) is 4.73. The molecule has 11 heteroatoms. The van der Waals surface area contributed by atoms with E-state index in [4.69, 9.17) is 15.0 Å². The summed E-state index contributed by atoms with van der Waals surface area (Å²) in [6.07, 6.45) is 1.96. The first kappa shape index (κ1) is 15.6. The molecule has 2 aromatic rings. The van der Waals surface area contributed by atoms with E-state index in [0.29, 0.717) is 6.42 Å². The highest BCUT2D eigenvalue weighted by Gasteiger charge is 2.17. The van der Waals surface area contributed by atoms with Crippen molar-refractivity contribution in [1.29, 1.82) is 0 Å². The second kappa shape index (κ2) is 6.35. The maximum Gasteiger partial charge on any atom is 0.330 e. The van der Waals surface area contributed by atoms with Crippen LogP contribution in [0.4, 0.5) is 5.95 Å². The van der Waals surface area contributed by atoms with Crippen LogP contribution in [0, 0.1) is 0 Å². The number of ether oxygens (including phenoxy) is 1. The Balaban J connectivity index is 1.99. The van der Waals surface area contributed by atoms with Crippen LogP contribution in [0.15, 0.2) is 11.1 Å². The van der Waals surface area contributed by atoms with Crippen LogP contribution in [0.2, 0.25) is 0 Å². The molecule has 0 amide bonds. The number of rotatable bonds is 7. The summed E-state index contributed by atoms with van der Waals surface area (Å²) < 4.78 is 22.8. The third kappa shape index (κ3) is 3.88. The fourth-order valence-corrected chi connectivity index (χ4v) is 2.60. The van der Waals surface area contributed by atoms with Crippen molar-refractivity contribution >= 4 is 24.7 Å². The van der Waals surface area contributed by atoms with Crippen molar-refractivity contribution in [2.24, 2.45) is 0 Å². The van der Waals surface area contributed by atoms with Crippen molar-refractivity contribution in [3.8, 4) is 0 Å². The number of nitrogens with two attached hydrogens (primary N) is 1. The summed E-state index contributed by atoms with van der Waals surface area (Å²) in [5.41, 5.74) is 5.40. The van der Waals surface area contributed by atoms with Gasteiger partial charge >= 0.3 is 7.60 Å². The summed E-state index contributed by atoms with van der Waals surface area (Å²) in [5, 5.41) is 0. The molecule has 116 valence electrons. The zero-order chi connectivity index (χ0) is 15.5. The third-order valence-corrected chi connectivity index (χ3v) is 4.09. The van der Waals surface area contributed by atoms with E-state index in [1.54, 1.807) is 6.92 Å². The van der Waals surface area contributed by atoms with E-state index in [-0.39, 0.29) is 36.8 Å². The molecule has 0 saturated carbocycles. The number of anilines is 1. The highest BCUT2D eigenvalue weighted by Crippen LogP contribution is 2.42. The van der Waals surface area contributed by atoms with E-state index in [2.05, 4.69) is 15.0 Å². The second-order valence-corrected chi connectivity index (χ2v) is 6.26. The standard InChI is InChI=1S/C10H16N5O5P/c1-2-3-21(17,18)20-6-19-5-15-4-12-7-8(15)13-10(11)14-9(7)16/h4H,2-3,5-6H2,1H3,(H,17,18)(H3,11,13,14,16). The van der Waals surface area contributed by atoms with E-state index in [1.807, 2.05) is 0 Å². The van der Waals surface area contributed by atoms with E-state index in [0.717, 1.165) is 0 Å². The predicted molar refractivity (Wildman–Crippen MR) is 74.6 cm³/mol. The van der Waals surface area contributed by atoms with Gasteiger partial charge in [0.2, 0.25) is 5.95 Å². The molecule has 1 atom stereocenters. The predicted octanol–water partition coefficient (Wildman–Crippen LogP) is 0.245. The van der Waals surface area contributed by atoms with Gasteiger partial charge in [-0.15, -0.1) is 0 Å². The molecule has 0 aromatic carbocycles. The molecular formula is C10H16N5O5P. The molecule has 0 saturated heterocycles.